The van der Waals surface area contributed by atoms with Gasteiger partial charge in [-0.05, 0) is 58.6 Å². The van der Waals surface area contributed by atoms with Gasteiger partial charge >= 0.3 is 5.97 Å². The van der Waals surface area contributed by atoms with Gasteiger partial charge in [0.1, 0.15) is 0 Å². The zero-order chi connectivity index (χ0) is 17.6. The van der Waals surface area contributed by atoms with Crippen molar-refractivity contribution >= 4 is 39.7 Å². The van der Waals surface area contributed by atoms with Crippen molar-refractivity contribution in [3.63, 3.8) is 0 Å². The van der Waals surface area contributed by atoms with E-state index in [1.165, 1.54) is 0 Å². The largest absolute Gasteiger partial charge is 0.453 e. The Morgan fingerprint density at radius 1 is 1.12 bits per heavy atom. The highest BCUT2D eigenvalue weighted by Crippen LogP contribution is 2.19. The standard InChI is InChI=1S/C20H19NO3S/c1-14(24-19(22)9-6-15-10-11-25-13-15)20(23)21-18-8-7-16-4-2-3-5-17(16)12-18/h2-5,7-8,10-14H,6,9H2,1H3,(H,21,23)/t14-/m1/s1. The van der Waals surface area contributed by atoms with E-state index in [-0.39, 0.29) is 18.3 Å². The number of anilines is 1. The second-order valence-corrected chi connectivity index (χ2v) is 6.59. The van der Waals surface area contributed by atoms with Crippen LogP contribution in [0.2, 0.25) is 0 Å². The normalized spacial score (nSPS) is 11.9. The molecule has 0 aliphatic heterocycles. The number of thiophene rings is 1. The molecule has 0 radical (unpaired) electrons. The van der Waals surface area contributed by atoms with E-state index in [0.717, 1.165) is 16.3 Å². The summed E-state index contributed by atoms with van der Waals surface area (Å²) in [6.45, 7) is 1.58. The maximum absolute atomic E-state index is 12.2. The van der Waals surface area contributed by atoms with Crippen LogP contribution in [0.25, 0.3) is 10.8 Å². The van der Waals surface area contributed by atoms with Crippen molar-refractivity contribution in [1.82, 2.24) is 0 Å². The van der Waals surface area contributed by atoms with Gasteiger partial charge in [-0.15, -0.1) is 0 Å². The van der Waals surface area contributed by atoms with Gasteiger partial charge in [0.15, 0.2) is 6.10 Å². The molecule has 1 N–H and O–H groups in total. The molecule has 0 bridgehead atoms. The minimum absolute atomic E-state index is 0.268. The van der Waals surface area contributed by atoms with Gasteiger partial charge in [-0.25, -0.2) is 0 Å². The molecule has 128 valence electrons. The Labute approximate surface area is 150 Å². The van der Waals surface area contributed by atoms with Crippen LogP contribution in [0, 0.1) is 0 Å². The molecule has 0 fully saturated rings. The highest BCUT2D eigenvalue weighted by molar-refractivity contribution is 7.07. The Balaban J connectivity index is 1.53. The maximum Gasteiger partial charge on any atom is 0.306 e. The third-order valence-corrected chi connectivity index (χ3v) is 4.62. The number of hydrogen-bond donors (Lipinski definition) is 1. The fourth-order valence-corrected chi connectivity index (χ4v) is 3.21. The van der Waals surface area contributed by atoms with Gasteiger partial charge in [0.25, 0.3) is 5.91 Å². The number of carbonyl (C=O) groups excluding carboxylic acids is 2. The number of fused-ring (bicyclic) bond motifs is 1. The minimum Gasteiger partial charge on any atom is -0.453 e. The molecule has 0 spiro atoms. The summed E-state index contributed by atoms with van der Waals surface area (Å²) < 4.78 is 5.22. The Morgan fingerprint density at radius 2 is 1.92 bits per heavy atom. The van der Waals surface area contributed by atoms with Gasteiger partial charge in [-0.1, -0.05) is 30.3 Å². The lowest BCUT2D eigenvalue weighted by Gasteiger charge is -2.14. The molecule has 0 saturated heterocycles. The van der Waals surface area contributed by atoms with E-state index in [9.17, 15) is 9.59 Å². The van der Waals surface area contributed by atoms with Crippen LogP contribution in [-0.4, -0.2) is 18.0 Å². The number of aryl methyl sites for hydroxylation is 1. The Morgan fingerprint density at radius 3 is 2.68 bits per heavy atom. The van der Waals surface area contributed by atoms with Crippen LogP contribution < -0.4 is 5.32 Å². The molecule has 1 amide bonds. The van der Waals surface area contributed by atoms with Crippen molar-refractivity contribution in [2.45, 2.75) is 25.9 Å². The van der Waals surface area contributed by atoms with Crippen LogP contribution in [0.15, 0.2) is 59.3 Å². The second-order valence-electron chi connectivity index (χ2n) is 5.81. The Kier molecular flexibility index (Phi) is 5.46. The van der Waals surface area contributed by atoms with E-state index < -0.39 is 6.10 Å². The Hall–Kier alpha value is -2.66. The molecular weight excluding hydrogens is 334 g/mol. The first kappa shape index (κ1) is 17.2. The predicted molar refractivity (Wildman–Crippen MR) is 101 cm³/mol. The van der Waals surface area contributed by atoms with Gasteiger partial charge in [0.05, 0.1) is 0 Å². The molecule has 3 aromatic rings. The molecule has 5 heteroatoms. The fourth-order valence-electron chi connectivity index (χ4n) is 2.50. The summed E-state index contributed by atoms with van der Waals surface area (Å²) in [6.07, 6.45) is 0.0625. The third-order valence-electron chi connectivity index (χ3n) is 3.89. The average Bonchev–Trinajstić information content (AvgIpc) is 3.13. The summed E-state index contributed by atoms with van der Waals surface area (Å²) >= 11 is 1.60. The number of hydrogen-bond acceptors (Lipinski definition) is 4. The smallest absolute Gasteiger partial charge is 0.306 e. The van der Waals surface area contributed by atoms with Crippen molar-refractivity contribution < 1.29 is 14.3 Å². The van der Waals surface area contributed by atoms with E-state index in [1.807, 2.05) is 59.3 Å². The first-order chi connectivity index (χ1) is 12.1. The summed E-state index contributed by atoms with van der Waals surface area (Å²) in [6, 6.07) is 15.6. The molecule has 1 atom stereocenters. The average molecular weight is 353 g/mol. The highest BCUT2D eigenvalue weighted by Gasteiger charge is 2.18. The summed E-state index contributed by atoms with van der Waals surface area (Å²) in [5.74, 6) is -0.702. The second kappa shape index (κ2) is 7.94. The third kappa shape index (κ3) is 4.67. The fraction of sp³-hybridized carbons (Fsp3) is 0.200. The van der Waals surface area contributed by atoms with E-state index >= 15 is 0 Å². The summed E-state index contributed by atoms with van der Waals surface area (Å²) in [7, 11) is 0. The monoisotopic (exact) mass is 353 g/mol. The molecule has 0 aliphatic carbocycles. The van der Waals surface area contributed by atoms with Gasteiger partial charge in [0, 0.05) is 12.1 Å². The number of benzene rings is 2. The molecule has 0 unspecified atom stereocenters. The topological polar surface area (TPSA) is 55.4 Å². The molecule has 25 heavy (non-hydrogen) atoms. The van der Waals surface area contributed by atoms with Crippen LogP contribution in [0.5, 0.6) is 0 Å². The molecular formula is C20H19NO3S. The van der Waals surface area contributed by atoms with Crippen LogP contribution in [0.3, 0.4) is 0 Å². The van der Waals surface area contributed by atoms with Crippen molar-refractivity contribution in [2.75, 3.05) is 5.32 Å². The molecule has 2 aromatic carbocycles. The van der Waals surface area contributed by atoms with Gasteiger partial charge in [-0.3, -0.25) is 9.59 Å². The number of amides is 1. The number of carbonyl (C=O) groups is 2. The maximum atomic E-state index is 12.2. The first-order valence-electron chi connectivity index (χ1n) is 8.12. The summed E-state index contributed by atoms with van der Waals surface area (Å²) in [4.78, 5) is 24.1. The zero-order valence-electron chi connectivity index (χ0n) is 13.9. The van der Waals surface area contributed by atoms with Crippen molar-refractivity contribution in [3.8, 4) is 0 Å². The van der Waals surface area contributed by atoms with Gasteiger partial charge in [-0.2, -0.15) is 11.3 Å². The van der Waals surface area contributed by atoms with Crippen molar-refractivity contribution in [3.05, 3.63) is 64.9 Å². The molecule has 0 saturated carbocycles. The van der Waals surface area contributed by atoms with Crippen LogP contribution in [-0.2, 0) is 20.7 Å². The summed E-state index contributed by atoms with van der Waals surface area (Å²) in [5, 5.41) is 8.92. The molecule has 0 aliphatic rings. The van der Waals surface area contributed by atoms with Crippen molar-refractivity contribution in [1.29, 1.82) is 0 Å². The quantitative estimate of drug-likeness (QED) is 0.668. The van der Waals surface area contributed by atoms with Crippen LogP contribution in [0.4, 0.5) is 5.69 Å². The van der Waals surface area contributed by atoms with Crippen molar-refractivity contribution in [2.24, 2.45) is 0 Å². The van der Waals surface area contributed by atoms with E-state index in [1.54, 1.807) is 18.3 Å². The van der Waals surface area contributed by atoms with E-state index in [4.69, 9.17) is 4.74 Å². The van der Waals surface area contributed by atoms with Gasteiger partial charge < -0.3 is 10.1 Å². The molecule has 1 aromatic heterocycles. The molecule has 3 rings (SSSR count). The van der Waals surface area contributed by atoms with Gasteiger partial charge in [0.2, 0.25) is 0 Å². The minimum atomic E-state index is -0.832. The lowest BCUT2D eigenvalue weighted by Crippen LogP contribution is -2.30. The first-order valence-corrected chi connectivity index (χ1v) is 9.06. The zero-order valence-corrected chi connectivity index (χ0v) is 14.7. The SMILES string of the molecule is C[C@@H](OC(=O)CCc1ccsc1)C(=O)Nc1ccc2ccccc2c1. The number of rotatable bonds is 6. The number of ether oxygens (including phenoxy) is 1. The highest BCUT2D eigenvalue weighted by atomic mass is 32.1. The van der Waals surface area contributed by atoms with Crippen LogP contribution in [0.1, 0.15) is 18.9 Å². The van der Waals surface area contributed by atoms with Crippen LogP contribution >= 0.6 is 11.3 Å². The summed E-state index contributed by atoms with van der Waals surface area (Å²) in [5.41, 5.74) is 1.79. The predicted octanol–water partition coefficient (Wildman–Crippen LogP) is 4.40. The number of esters is 1. The molecule has 1 heterocycles. The lowest BCUT2D eigenvalue weighted by atomic mass is 10.1. The number of nitrogens with one attached hydrogen (secondary N) is 1. The molecule has 4 nitrogen and oxygen atoms in total. The van der Waals surface area contributed by atoms with E-state index in [2.05, 4.69) is 5.32 Å². The Bertz CT molecular complexity index is 874. The van der Waals surface area contributed by atoms with E-state index in [0.29, 0.717) is 12.1 Å². The lowest BCUT2D eigenvalue weighted by molar-refractivity contribution is -0.153.